The highest BCUT2D eigenvalue weighted by Gasteiger charge is 2.08. The van der Waals surface area contributed by atoms with Crippen molar-refractivity contribution in [3.63, 3.8) is 0 Å². The Morgan fingerprint density at radius 3 is 2.14 bits per heavy atom. The van der Waals surface area contributed by atoms with E-state index in [-0.39, 0.29) is 12.5 Å². The van der Waals surface area contributed by atoms with Gasteiger partial charge in [0.25, 0.3) is 0 Å². The van der Waals surface area contributed by atoms with Crippen LogP contribution in [0, 0.1) is 0 Å². The number of aliphatic hydroxyl groups excluding tert-OH is 1. The third-order valence-corrected chi connectivity index (χ3v) is 3.27. The second kappa shape index (κ2) is 7.41. The maximum atomic E-state index is 12.0. The molecule has 2 rings (SSSR count). The molecule has 2 aromatic carbocycles. The molecule has 0 atom stereocenters. The van der Waals surface area contributed by atoms with Crippen LogP contribution in [0.4, 0.5) is 0 Å². The topological polar surface area (TPSA) is 49.3 Å². The molecule has 0 aliphatic carbocycles. The van der Waals surface area contributed by atoms with Gasteiger partial charge in [-0.05, 0) is 18.1 Å². The number of carbonyl (C=O) groups excluding carboxylic acids is 1. The fourth-order valence-corrected chi connectivity index (χ4v) is 2.18. The molecule has 108 valence electrons. The van der Waals surface area contributed by atoms with Gasteiger partial charge in [0.15, 0.2) is 0 Å². The minimum atomic E-state index is -0.110. The summed E-state index contributed by atoms with van der Waals surface area (Å²) in [6.45, 7) is 1.70. The number of nitrogens with one attached hydrogen (secondary N) is 1. The van der Waals surface area contributed by atoms with Crippen molar-refractivity contribution >= 4 is 11.5 Å². The molecule has 0 aromatic heterocycles. The molecule has 3 heteroatoms. The first kappa shape index (κ1) is 15.0. The van der Waals surface area contributed by atoms with E-state index in [0.717, 1.165) is 16.7 Å². The zero-order valence-electron chi connectivity index (χ0n) is 12.0. The van der Waals surface area contributed by atoms with Gasteiger partial charge in [-0.1, -0.05) is 60.7 Å². The van der Waals surface area contributed by atoms with Crippen LogP contribution in [0.5, 0.6) is 0 Å². The first-order valence-corrected chi connectivity index (χ1v) is 6.90. The lowest BCUT2D eigenvalue weighted by Crippen LogP contribution is -2.24. The average molecular weight is 281 g/mol. The molecule has 2 N–H and O–H groups in total. The van der Waals surface area contributed by atoms with E-state index in [1.54, 1.807) is 6.92 Å². The third-order valence-electron chi connectivity index (χ3n) is 3.27. The zero-order chi connectivity index (χ0) is 15.1. The SMILES string of the molecule is CC(NC(=O)Cc1ccccc1)=C(CO)c1ccccc1. The molecule has 2 aromatic rings. The van der Waals surface area contributed by atoms with E-state index in [9.17, 15) is 9.90 Å². The summed E-state index contributed by atoms with van der Waals surface area (Å²) in [5, 5.41) is 12.4. The number of allylic oxidation sites excluding steroid dienone is 1. The van der Waals surface area contributed by atoms with Gasteiger partial charge in [-0.2, -0.15) is 0 Å². The van der Waals surface area contributed by atoms with Gasteiger partial charge in [-0.25, -0.2) is 0 Å². The predicted octanol–water partition coefficient (Wildman–Crippen LogP) is 2.77. The maximum absolute atomic E-state index is 12.0. The standard InChI is InChI=1S/C18H19NO2/c1-14(17(13-20)16-10-6-3-7-11-16)19-18(21)12-15-8-4-2-5-9-15/h2-11,20H,12-13H2,1H3,(H,19,21). The van der Waals surface area contributed by atoms with E-state index in [2.05, 4.69) is 5.32 Å². The second-order valence-corrected chi connectivity index (χ2v) is 4.84. The molecule has 0 heterocycles. The number of rotatable bonds is 5. The van der Waals surface area contributed by atoms with Crippen molar-refractivity contribution in [2.45, 2.75) is 13.3 Å². The van der Waals surface area contributed by atoms with Crippen molar-refractivity contribution < 1.29 is 9.90 Å². The van der Waals surface area contributed by atoms with E-state index >= 15 is 0 Å². The number of benzene rings is 2. The normalized spacial score (nSPS) is 11.7. The Balaban J connectivity index is 2.09. The van der Waals surface area contributed by atoms with Gasteiger partial charge in [-0.3, -0.25) is 4.79 Å². The van der Waals surface area contributed by atoms with Gasteiger partial charge >= 0.3 is 0 Å². The minimum absolute atomic E-state index is 0.0828. The highest BCUT2D eigenvalue weighted by atomic mass is 16.3. The van der Waals surface area contributed by atoms with E-state index in [4.69, 9.17) is 0 Å². The van der Waals surface area contributed by atoms with Gasteiger partial charge in [0.05, 0.1) is 13.0 Å². The Hall–Kier alpha value is -2.39. The largest absolute Gasteiger partial charge is 0.392 e. The summed E-state index contributed by atoms with van der Waals surface area (Å²) in [4.78, 5) is 12.0. The lowest BCUT2D eigenvalue weighted by molar-refractivity contribution is -0.119. The third kappa shape index (κ3) is 4.29. The lowest BCUT2D eigenvalue weighted by Gasteiger charge is -2.12. The summed E-state index contributed by atoms with van der Waals surface area (Å²) in [6, 6.07) is 19.1. The van der Waals surface area contributed by atoms with Crippen LogP contribution >= 0.6 is 0 Å². The van der Waals surface area contributed by atoms with Crippen molar-refractivity contribution in [2.75, 3.05) is 6.61 Å². The zero-order valence-corrected chi connectivity index (χ0v) is 12.0. The lowest BCUT2D eigenvalue weighted by atomic mass is 10.0. The molecule has 0 aliphatic rings. The molecule has 21 heavy (non-hydrogen) atoms. The van der Waals surface area contributed by atoms with Crippen LogP contribution in [0.25, 0.3) is 5.57 Å². The van der Waals surface area contributed by atoms with Gasteiger partial charge < -0.3 is 10.4 Å². The molecule has 3 nitrogen and oxygen atoms in total. The van der Waals surface area contributed by atoms with Crippen molar-refractivity contribution in [3.05, 3.63) is 77.5 Å². The molecule has 0 spiro atoms. The number of aliphatic hydroxyl groups is 1. The van der Waals surface area contributed by atoms with Gasteiger partial charge in [0, 0.05) is 11.3 Å². The fraction of sp³-hybridized carbons (Fsp3) is 0.167. The van der Waals surface area contributed by atoms with Gasteiger partial charge in [-0.15, -0.1) is 0 Å². The number of carbonyl (C=O) groups is 1. The fourth-order valence-electron chi connectivity index (χ4n) is 2.18. The molecule has 1 amide bonds. The molecule has 0 radical (unpaired) electrons. The van der Waals surface area contributed by atoms with Gasteiger partial charge in [0.2, 0.25) is 5.91 Å². The molecule has 0 unspecified atom stereocenters. The number of hydrogen-bond acceptors (Lipinski definition) is 2. The van der Waals surface area contributed by atoms with E-state index in [0.29, 0.717) is 12.1 Å². The minimum Gasteiger partial charge on any atom is -0.392 e. The smallest absolute Gasteiger partial charge is 0.228 e. The quantitative estimate of drug-likeness (QED) is 0.885. The van der Waals surface area contributed by atoms with Crippen LogP contribution in [-0.2, 0) is 11.2 Å². The van der Waals surface area contributed by atoms with Gasteiger partial charge in [0.1, 0.15) is 0 Å². The Labute approximate surface area is 124 Å². The Morgan fingerprint density at radius 2 is 1.57 bits per heavy atom. The first-order valence-electron chi connectivity index (χ1n) is 6.90. The summed E-state index contributed by atoms with van der Waals surface area (Å²) in [7, 11) is 0. The highest BCUT2D eigenvalue weighted by Crippen LogP contribution is 2.16. The van der Waals surface area contributed by atoms with Crippen molar-refractivity contribution in [3.8, 4) is 0 Å². The van der Waals surface area contributed by atoms with Crippen molar-refractivity contribution in [1.29, 1.82) is 0 Å². The highest BCUT2D eigenvalue weighted by molar-refractivity contribution is 5.83. The second-order valence-electron chi connectivity index (χ2n) is 4.84. The van der Waals surface area contributed by atoms with Crippen LogP contribution in [0.3, 0.4) is 0 Å². The molecule has 0 bridgehead atoms. The van der Waals surface area contributed by atoms with E-state index < -0.39 is 0 Å². The van der Waals surface area contributed by atoms with E-state index in [1.807, 2.05) is 60.7 Å². The molecule has 0 fully saturated rings. The predicted molar refractivity (Wildman–Crippen MR) is 84.4 cm³/mol. The Kier molecular flexibility index (Phi) is 5.29. The summed E-state index contributed by atoms with van der Waals surface area (Å²) in [5.41, 5.74) is 3.30. The molecular formula is C18H19NO2. The van der Waals surface area contributed by atoms with Crippen LogP contribution in [0.1, 0.15) is 18.1 Å². The van der Waals surface area contributed by atoms with Crippen molar-refractivity contribution in [2.24, 2.45) is 0 Å². The summed E-state index contributed by atoms with van der Waals surface area (Å²) in [5.74, 6) is -0.0828. The van der Waals surface area contributed by atoms with E-state index in [1.165, 1.54) is 0 Å². The summed E-state index contributed by atoms with van der Waals surface area (Å²) in [6.07, 6.45) is 0.325. The van der Waals surface area contributed by atoms with Crippen LogP contribution in [0.2, 0.25) is 0 Å². The van der Waals surface area contributed by atoms with Crippen LogP contribution in [-0.4, -0.2) is 17.6 Å². The molecule has 0 aliphatic heterocycles. The van der Waals surface area contributed by atoms with Crippen LogP contribution in [0.15, 0.2) is 66.4 Å². The Bertz CT molecular complexity index is 618. The Morgan fingerprint density at radius 1 is 1.00 bits per heavy atom. The molecule has 0 saturated carbocycles. The summed E-state index contributed by atoms with van der Waals surface area (Å²) < 4.78 is 0. The number of hydrogen-bond donors (Lipinski definition) is 2. The first-order chi connectivity index (χ1) is 10.2. The van der Waals surface area contributed by atoms with Crippen LogP contribution < -0.4 is 5.32 Å². The molecule has 0 saturated heterocycles. The summed E-state index contributed by atoms with van der Waals surface area (Å²) >= 11 is 0. The maximum Gasteiger partial charge on any atom is 0.228 e. The monoisotopic (exact) mass is 281 g/mol. The molecular weight excluding hydrogens is 262 g/mol. The van der Waals surface area contributed by atoms with Crippen molar-refractivity contribution in [1.82, 2.24) is 5.32 Å². The average Bonchev–Trinajstić information content (AvgIpc) is 2.50. The number of amides is 1.